The first-order valence-electron chi connectivity index (χ1n) is 5.39. The molecule has 2 rings (SSSR count). The molecule has 0 spiro atoms. The summed E-state index contributed by atoms with van der Waals surface area (Å²) in [6.07, 6.45) is 0.722. The Morgan fingerprint density at radius 3 is 2.81 bits per heavy atom. The quantitative estimate of drug-likeness (QED) is 0.899. The Labute approximate surface area is 101 Å². The summed E-state index contributed by atoms with van der Waals surface area (Å²) in [4.78, 5) is 1.30. The van der Waals surface area contributed by atoms with E-state index in [9.17, 15) is 8.42 Å². The highest BCUT2D eigenvalue weighted by atomic mass is 32.2. The highest BCUT2D eigenvalue weighted by Gasteiger charge is 2.37. The monoisotopic (exact) mass is 259 g/mol. The topological polar surface area (TPSA) is 46.2 Å². The van der Waals surface area contributed by atoms with Crippen molar-refractivity contribution in [1.82, 2.24) is 5.32 Å². The maximum atomic E-state index is 11.4. The fraction of sp³-hybridized carbons (Fsp3) is 0.636. The first kappa shape index (κ1) is 12.1. The van der Waals surface area contributed by atoms with Crippen LogP contribution in [0.15, 0.2) is 11.4 Å². The van der Waals surface area contributed by atoms with Gasteiger partial charge in [0.15, 0.2) is 9.84 Å². The zero-order valence-corrected chi connectivity index (χ0v) is 11.2. The molecule has 1 atom stereocenters. The molecule has 1 fully saturated rings. The van der Waals surface area contributed by atoms with Gasteiger partial charge in [0.25, 0.3) is 0 Å². The third-order valence-electron chi connectivity index (χ3n) is 3.15. The van der Waals surface area contributed by atoms with Crippen molar-refractivity contribution >= 4 is 21.2 Å². The summed E-state index contributed by atoms with van der Waals surface area (Å²) >= 11 is 1.72. The van der Waals surface area contributed by atoms with E-state index in [-0.39, 0.29) is 11.3 Å². The number of hydrogen-bond acceptors (Lipinski definition) is 4. The van der Waals surface area contributed by atoms with Gasteiger partial charge in [-0.05, 0) is 37.3 Å². The van der Waals surface area contributed by atoms with Gasteiger partial charge in [0.2, 0.25) is 0 Å². The van der Waals surface area contributed by atoms with Gasteiger partial charge in [0.05, 0.1) is 11.5 Å². The highest BCUT2D eigenvalue weighted by Crippen LogP contribution is 2.24. The second-order valence-electron chi connectivity index (χ2n) is 4.78. The number of rotatable bonds is 3. The predicted molar refractivity (Wildman–Crippen MR) is 67.6 cm³/mol. The molecule has 0 bridgehead atoms. The van der Waals surface area contributed by atoms with Gasteiger partial charge in [0, 0.05) is 17.0 Å². The Kier molecular flexibility index (Phi) is 3.11. The Morgan fingerprint density at radius 1 is 1.56 bits per heavy atom. The number of thiophene rings is 1. The average Bonchev–Trinajstić information content (AvgIpc) is 2.69. The maximum Gasteiger partial charge on any atom is 0.152 e. The van der Waals surface area contributed by atoms with E-state index in [4.69, 9.17) is 0 Å². The fourth-order valence-corrected chi connectivity index (χ4v) is 5.00. The van der Waals surface area contributed by atoms with Crippen LogP contribution in [0.25, 0.3) is 0 Å². The molecule has 2 heterocycles. The Balaban J connectivity index is 1.99. The van der Waals surface area contributed by atoms with E-state index in [1.807, 2.05) is 6.92 Å². The zero-order chi connectivity index (χ0) is 11.8. The zero-order valence-electron chi connectivity index (χ0n) is 9.62. The van der Waals surface area contributed by atoms with Crippen molar-refractivity contribution in [1.29, 1.82) is 0 Å². The second kappa shape index (κ2) is 4.13. The summed E-state index contributed by atoms with van der Waals surface area (Å²) in [5.41, 5.74) is 1.04. The minimum absolute atomic E-state index is 0.241. The number of nitrogens with one attached hydrogen (secondary N) is 1. The second-order valence-corrected chi connectivity index (χ2v) is 7.97. The summed E-state index contributed by atoms with van der Waals surface area (Å²) in [7, 11) is -2.81. The number of sulfone groups is 1. The molecule has 1 aliphatic rings. The van der Waals surface area contributed by atoms with Gasteiger partial charge in [-0.1, -0.05) is 0 Å². The standard InChI is InChI=1S/C11H17NO2S2/c1-9-3-5-15-10(9)7-12-11(2)4-6-16(13,14)8-11/h3,5,12H,4,6-8H2,1-2H3. The van der Waals surface area contributed by atoms with Crippen LogP contribution >= 0.6 is 11.3 Å². The van der Waals surface area contributed by atoms with Gasteiger partial charge in [0.1, 0.15) is 0 Å². The normalized spacial score (nSPS) is 28.4. The van der Waals surface area contributed by atoms with Gasteiger partial charge in [-0.25, -0.2) is 8.42 Å². The van der Waals surface area contributed by atoms with Crippen molar-refractivity contribution in [3.63, 3.8) is 0 Å². The van der Waals surface area contributed by atoms with Crippen molar-refractivity contribution in [2.24, 2.45) is 0 Å². The molecule has 1 aromatic heterocycles. The van der Waals surface area contributed by atoms with E-state index < -0.39 is 9.84 Å². The third kappa shape index (κ3) is 2.64. The fourth-order valence-electron chi connectivity index (χ4n) is 2.03. The van der Waals surface area contributed by atoms with Gasteiger partial charge in [-0.2, -0.15) is 0 Å². The number of hydrogen-bond donors (Lipinski definition) is 1. The molecule has 16 heavy (non-hydrogen) atoms. The van der Waals surface area contributed by atoms with Crippen LogP contribution in [0, 0.1) is 6.92 Å². The molecule has 0 amide bonds. The maximum absolute atomic E-state index is 11.4. The molecule has 1 unspecified atom stereocenters. The Bertz CT molecular complexity index is 478. The van der Waals surface area contributed by atoms with Crippen molar-refractivity contribution in [2.45, 2.75) is 32.4 Å². The van der Waals surface area contributed by atoms with Crippen LogP contribution in [0.5, 0.6) is 0 Å². The molecule has 1 aromatic rings. The van der Waals surface area contributed by atoms with Crippen LogP contribution in [0.4, 0.5) is 0 Å². The number of aryl methyl sites for hydroxylation is 1. The van der Waals surface area contributed by atoms with E-state index in [2.05, 4.69) is 23.7 Å². The van der Waals surface area contributed by atoms with E-state index in [1.165, 1.54) is 10.4 Å². The van der Waals surface area contributed by atoms with Crippen LogP contribution in [-0.4, -0.2) is 25.5 Å². The SMILES string of the molecule is Cc1ccsc1CNC1(C)CCS(=O)(=O)C1. The van der Waals surface area contributed by atoms with E-state index in [0.717, 1.165) is 13.0 Å². The van der Waals surface area contributed by atoms with E-state index in [0.29, 0.717) is 5.75 Å². The summed E-state index contributed by atoms with van der Waals surface area (Å²) in [5, 5.41) is 5.46. The van der Waals surface area contributed by atoms with Crippen molar-refractivity contribution < 1.29 is 8.42 Å². The first-order chi connectivity index (χ1) is 7.40. The summed E-state index contributed by atoms with van der Waals surface area (Å²) in [6, 6.07) is 2.09. The Morgan fingerprint density at radius 2 is 2.31 bits per heavy atom. The van der Waals surface area contributed by atoms with Crippen LogP contribution in [0.1, 0.15) is 23.8 Å². The van der Waals surface area contributed by atoms with Crippen molar-refractivity contribution in [3.05, 3.63) is 21.9 Å². The lowest BCUT2D eigenvalue weighted by Crippen LogP contribution is -2.42. The van der Waals surface area contributed by atoms with Crippen molar-refractivity contribution in [2.75, 3.05) is 11.5 Å². The third-order valence-corrected chi connectivity index (χ3v) is 6.07. The van der Waals surface area contributed by atoms with Crippen LogP contribution in [0.2, 0.25) is 0 Å². The average molecular weight is 259 g/mol. The summed E-state index contributed by atoms with van der Waals surface area (Å²) < 4.78 is 22.9. The molecule has 0 saturated carbocycles. The molecule has 5 heteroatoms. The smallest absolute Gasteiger partial charge is 0.152 e. The molecule has 0 aromatic carbocycles. The molecular formula is C11H17NO2S2. The van der Waals surface area contributed by atoms with Crippen LogP contribution < -0.4 is 5.32 Å². The molecular weight excluding hydrogens is 242 g/mol. The molecule has 1 saturated heterocycles. The van der Waals surface area contributed by atoms with Crippen LogP contribution in [-0.2, 0) is 16.4 Å². The lowest BCUT2D eigenvalue weighted by molar-refractivity contribution is 0.397. The molecule has 1 N–H and O–H groups in total. The molecule has 0 aliphatic carbocycles. The first-order valence-corrected chi connectivity index (χ1v) is 8.09. The Hall–Kier alpha value is -0.390. The molecule has 0 radical (unpaired) electrons. The van der Waals surface area contributed by atoms with Crippen LogP contribution in [0.3, 0.4) is 0 Å². The molecule has 1 aliphatic heterocycles. The van der Waals surface area contributed by atoms with Gasteiger partial charge in [-0.15, -0.1) is 11.3 Å². The van der Waals surface area contributed by atoms with Crippen molar-refractivity contribution in [3.8, 4) is 0 Å². The highest BCUT2D eigenvalue weighted by molar-refractivity contribution is 7.91. The lowest BCUT2D eigenvalue weighted by Gasteiger charge is -2.23. The largest absolute Gasteiger partial charge is 0.306 e. The summed E-state index contributed by atoms with van der Waals surface area (Å²) in [6.45, 7) is 4.86. The molecule has 3 nitrogen and oxygen atoms in total. The van der Waals surface area contributed by atoms with Gasteiger partial charge >= 0.3 is 0 Å². The summed E-state index contributed by atoms with van der Waals surface area (Å²) in [5.74, 6) is 0.588. The lowest BCUT2D eigenvalue weighted by atomic mass is 10.0. The van der Waals surface area contributed by atoms with Gasteiger partial charge in [-0.3, -0.25) is 0 Å². The molecule has 90 valence electrons. The van der Waals surface area contributed by atoms with E-state index >= 15 is 0 Å². The van der Waals surface area contributed by atoms with E-state index in [1.54, 1.807) is 11.3 Å². The van der Waals surface area contributed by atoms with Gasteiger partial charge < -0.3 is 5.32 Å². The predicted octanol–water partition coefficient (Wildman–Crippen LogP) is 1.72. The minimum Gasteiger partial charge on any atom is -0.306 e. The minimum atomic E-state index is -2.81.